The van der Waals surface area contributed by atoms with Gasteiger partial charge in [-0.05, 0) is 51.0 Å². The van der Waals surface area contributed by atoms with Crippen molar-refractivity contribution in [2.45, 2.75) is 38.6 Å². The second-order valence-corrected chi connectivity index (χ2v) is 8.72. The van der Waals surface area contributed by atoms with Crippen molar-refractivity contribution < 1.29 is 13.2 Å². The minimum absolute atomic E-state index is 0.0439. The predicted molar refractivity (Wildman–Crippen MR) is 110 cm³/mol. The van der Waals surface area contributed by atoms with E-state index in [2.05, 4.69) is 15.4 Å². The fraction of sp³-hybridized carbons (Fsp3) is 0.250. The molecule has 0 saturated heterocycles. The molecule has 0 bridgehead atoms. The minimum Gasteiger partial charge on any atom is -0.272 e. The molecule has 1 aromatic heterocycles. The highest BCUT2D eigenvalue weighted by Crippen LogP contribution is 2.17. The summed E-state index contributed by atoms with van der Waals surface area (Å²) in [6, 6.07) is 11.3. The van der Waals surface area contributed by atoms with Gasteiger partial charge in [0.15, 0.2) is 5.69 Å². The van der Waals surface area contributed by atoms with E-state index in [-0.39, 0.29) is 22.2 Å². The van der Waals surface area contributed by atoms with E-state index in [9.17, 15) is 18.0 Å². The highest BCUT2D eigenvalue weighted by Gasteiger charge is 2.21. The third-order valence-electron chi connectivity index (χ3n) is 4.46. The lowest BCUT2D eigenvalue weighted by Crippen LogP contribution is -2.43. The van der Waals surface area contributed by atoms with E-state index in [4.69, 9.17) is 0 Å². The summed E-state index contributed by atoms with van der Waals surface area (Å²) >= 11 is 0. The van der Waals surface area contributed by atoms with Gasteiger partial charge in [-0.15, -0.1) is 4.83 Å². The van der Waals surface area contributed by atoms with Crippen LogP contribution in [0.4, 0.5) is 0 Å². The number of benzene rings is 2. The molecule has 0 spiro atoms. The molecule has 0 saturated carbocycles. The largest absolute Gasteiger partial charge is 0.287 e. The third kappa shape index (κ3) is 4.06. The van der Waals surface area contributed by atoms with Crippen molar-refractivity contribution in [3.8, 4) is 0 Å². The van der Waals surface area contributed by atoms with Gasteiger partial charge < -0.3 is 0 Å². The summed E-state index contributed by atoms with van der Waals surface area (Å²) in [6.07, 6.45) is 0. The Balaban J connectivity index is 1.97. The molecular weight excluding hydrogens is 392 g/mol. The van der Waals surface area contributed by atoms with Gasteiger partial charge in [0.05, 0.1) is 16.3 Å². The monoisotopic (exact) mass is 414 g/mol. The number of rotatable bonds is 5. The molecular formula is C20H22N4O4S. The van der Waals surface area contributed by atoms with Crippen LogP contribution in [0.1, 0.15) is 41.5 Å². The molecule has 2 N–H and O–H groups in total. The molecule has 0 fully saturated rings. The number of hydrogen-bond donors (Lipinski definition) is 2. The topological polar surface area (TPSA) is 110 Å². The SMILES string of the molecule is Cc1ccc(C)c(S(=O)(=O)NNC(=O)c2nn(C(C)C)c(=O)c3ccccc23)c1. The van der Waals surface area contributed by atoms with Crippen LogP contribution >= 0.6 is 0 Å². The maximum atomic E-state index is 12.8. The van der Waals surface area contributed by atoms with Crippen molar-refractivity contribution in [1.29, 1.82) is 0 Å². The number of nitrogens with zero attached hydrogens (tertiary/aromatic N) is 2. The summed E-state index contributed by atoms with van der Waals surface area (Å²) in [5.74, 6) is -0.760. The number of carbonyl (C=O) groups is 1. The number of nitrogens with one attached hydrogen (secondary N) is 2. The van der Waals surface area contributed by atoms with Crippen molar-refractivity contribution in [2.75, 3.05) is 0 Å². The zero-order chi connectivity index (χ0) is 21.3. The molecule has 3 rings (SSSR count). The van der Waals surface area contributed by atoms with E-state index in [1.165, 1.54) is 10.7 Å². The van der Waals surface area contributed by atoms with Gasteiger partial charge >= 0.3 is 0 Å². The zero-order valence-corrected chi connectivity index (χ0v) is 17.4. The molecule has 0 aliphatic rings. The maximum absolute atomic E-state index is 12.8. The molecule has 2 aromatic carbocycles. The summed E-state index contributed by atoms with van der Waals surface area (Å²) in [5.41, 5.74) is 3.17. The molecule has 152 valence electrons. The van der Waals surface area contributed by atoms with E-state index < -0.39 is 15.9 Å². The molecule has 9 heteroatoms. The Hall–Kier alpha value is -3.04. The molecule has 1 heterocycles. The normalized spacial score (nSPS) is 11.8. The molecule has 8 nitrogen and oxygen atoms in total. The Morgan fingerprint density at radius 1 is 1.07 bits per heavy atom. The number of carbonyl (C=O) groups excluding carboxylic acids is 1. The van der Waals surface area contributed by atoms with Crippen LogP contribution < -0.4 is 15.8 Å². The van der Waals surface area contributed by atoms with E-state index in [1.54, 1.807) is 64.1 Å². The molecule has 0 aliphatic carbocycles. The van der Waals surface area contributed by atoms with Gasteiger partial charge in [-0.1, -0.05) is 30.3 Å². The first-order valence-corrected chi connectivity index (χ1v) is 10.5. The average molecular weight is 414 g/mol. The van der Waals surface area contributed by atoms with Crippen molar-refractivity contribution in [3.05, 3.63) is 69.6 Å². The lowest BCUT2D eigenvalue weighted by molar-refractivity contribution is 0.0939. The summed E-state index contributed by atoms with van der Waals surface area (Å²) in [7, 11) is -3.98. The second-order valence-electron chi connectivity index (χ2n) is 7.07. The van der Waals surface area contributed by atoms with Gasteiger partial charge in [0.2, 0.25) is 0 Å². The molecule has 29 heavy (non-hydrogen) atoms. The van der Waals surface area contributed by atoms with Gasteiger partial charge in [-0.2, -0.15) is 5.10 Å². The van der Waals surface area contributed by atoms with E-state index in [1.807, 2.05) is 0 Å². The molecule has 0 atom stereocenters. The molecule has 3 aromatic rings. The van der Waals surface area contributed by atoms with E-state index >= 15 is 0 Å². The number of aryl methyl sites for hydroxylation is 2. The first-order valence-electron chi connectivity index (χ1n) is 9.03. The van der Waals surface area contributed by atoms with Crippen LogP contribution in [-0.2, 0) is 10.0 Å². The highest BCUT2D eigenvalue weighted by atomic mass is 32.2. The van der Waals surface area contributed by atoms with Crippen LogP contribution in [-0.4, -0.2) is 24.1 Å². The second kappa shape index (κ2) is 7.76. The Kier molecular flexibility index (Phi) is 5.54. The van der Waals surface area contributed by atoms with Crippen LogP contribution in [0.5, 0.6) is 0 Å². The van der Waals surface area contributed by atoms with Crippen molar-refractivity contribution in [3.63, 3.8) is 0 Å². The average Bonchev–Trinajstić information content (AvgIpc) is 2.68. The van der Waals surface area contributed by atoms with Gasteiger partial charge in [-0.25, -0.2) is 13.1 Å². The van der Waals surface area contributed by atoms with Crippen molar-refractivity contribution in [1.82, 2.24) is 20.0 Å². The van der Waals surface area contributed by atoms with Crippen LogP contribution in [0.2, 0.25) is 0 Å². The first kappa shape index (κ1) is 20.7. The Morgan fingerprint density at radius 2 is 1.72 bits per heavy atom. The highest BCUT2D eigenvalue weighted by molar-refractivity contribution is 7.89. The van der Waals surface area contributed by atoms with Crippen molar-refractivity contribution in [2.24, 2.45) is 0 Å². The number of aromatic nitrogens is 2. The number of amides is 1. The standard InChI is InChI=1S/C20H22N4O4S/c1-12(2)24-20(26)16-8-6-5-7-15(16)18(22-24)19(25)21-23-29(27,28)17-11-13(3)9-10-14(17)4/h5-12,23H,1-4H3,(H,21,25). The number of hydrogen-bond acceptors (Lipinski definition) is 5. The van der Waals surface area contributed by atoms with Crippen LogP contribution in [0.15, 0.2) is 52.2 Å². The lowest BCUT2D eigenvalue weighted by atomic mass is 10.1. The fourth-order valence-electron chi connectivity index (χ4n) is 2.95. The van der Waals surface area contributed by atoms with Gasteiger partial charge in [0.25, 0.3) is 21.5 Å². The lowest BCUT2D eigenvalue weighted by Gasteiger charge is -2.14. The third-order valence-corrected chi connectivity index (χ3v) is 5.85. The Morgan fingerprint density at radius 3 is 2.38 bits per heavy atom. The van der Waals surface area contributed by atoms with E-state index in [0.29, 0.717) is 16.3 Å². The number of sulfonamides is 1. The van der Waals surface area contributed by atoms with Gasteiger partial charge in [-0.3, -0.25) is 15.0 Å². The molecule has 1 amide bonds. The summed E-state index contributed by atoms with van der Waals surface area (Å²) in [4.78, 5) is 27.5. The maximum Gasteiger partial charge on any atom is 0.287 e. The number of fused-ring (bicyclic) bond motifs is 1. The Bertz CT molecular complexity index is 1260. The van der Waals surface area contributed by atoms with Gasteiger partial charge in [0, 0.05) is 5.39 Å². The van der Waals surface area contributed by atoms with E-state index in [0.717, 1.165) is 5.56 Å². The zero-order valence-electron chi connectivity index (χ0n) is 16.6. The molecule has 0 aliphatic heterocycles. The molecule has 0 unspecified atom stereocenters. The fourth-order valence-corrected chi connectivity index (χ4v) is 4.12. The predicted octanol–water partition coefficient (Wildman–Crippen LogP) is 2.22. The van der Waals surface area contributed by atoms with Crippen LogP contribution in [0.25, 0.3) is 10.8 Å². The molecule has 0 radical (unpaired) electrons. The first-order chi connectivity index (χ1) is 13.6. The minimum atomic E-state index is -3.98. The summed E-state index contributed by atoms with van der Waals surface area (Å²) in [6.45, 7) is 6.99. The smallest absolute Gasteiger partial charge is 0.272 e. The van der Waals surface area contributed by atoms with Gasteiger partial charge in [0.1, 0.15) is 0 Å². The quantitative estimate of drug-likeness (QED) is 0.622. The summed E-state index contributed by atoms with van der Waals surface area (Å²) < 4.78 is 26.5. The summed E-state index contributed by atoms with van der Waals surface area (Å²) in [5, 5.41) is 4.84. The number of hydrazine groups is 1. The van der Waals surface area contributed by atoms with Crippen molar-refractivity contribution >= 4 is 26.7 Å². The Labute approximate surface area is 168 Å². The van der Waals surface area contributed by atoms with Crippen LogP contribution in [0.3, 0.4) is 0 Å². The van der Waals surface area contributed by atoms with Crippen LogP contribution in [0, 0.1) is 13.8 Å².